The Kier molecular flexibility index (Phi) is 4.15. The second kappa shape index (κ2) is 5.83. The van der Waals surface area contributed by atoms with Gasteiger partial charge in [-0.1, -0.05) is 24.3 Å². The summed E-state index contributed by atoms with van der Waals surface area (Å²) in [6.45, 7) is 4.02. The van der Waals surface area contributed by atoms with Crippen LogP contribution in [0.5, 0.6) is 0 Å². The molecule has 0 atom stereocenters. The fourth-order valence-corrected chi connectivity index (χ4v) is 2.22. The van der Waals surface area contributed by atoms with Crippen LogP contribution in [-0.4, -0.2) is 5.84 Å². The van der Waals surface area contributed by atoms with Crippen LogP contribution in [0.2, 0.25) is 0 Å². The molecule has 0 aliphatic rings. The average molecular weight is 303 g/mol. The van der Waals surface area contributed by atoms with Gasteiger partial charge >= 0.3 is 0 Å². The third-order valence-electron chi connectivity index (χ3n) is 2.49. The second-order valence-electron chi connectivity index (χ2n) is 4.14. The Labute approximate surface area is 116 Å². The Bertz CT molecular complexity index is 562. The van der Waals surface area contributed by atoms with E-state index in [1.807, 2.05) is 43.3 Å². The van der Waals surface area contributed by atoms with Crippen LogP contribution in [-0.2, 0) is 0 Å². The molecule has 0 spiro atoms. The zero-order valence-corrected chi connectivity index (χ0v) is 12.0. The Hall–Kier alpha value is -1.61. The zero-order chi connectivity index (χ0) is 13.0. The SMILES string of the molecule is CC(=Nc1ccc(C)cc1Br)Nc1ccccc1. The van der Waals surface area contributed by atoms with Crippen molar-refractivity contribution in [3.8, 4) is 0 Å². The lowest BCUT2D eigenvalue weighted by Gasteiger charge is -2.06. The van der Waals surface area contributed by atoms with E-state index in [9.17, 15) is 0 Å². The molecule has 2 aromatic carbocycles. The first-order valence-corrected chi connectivity index (χ1v) is 6.58. The number of aliphatic imine (C=N–C) groups is 1. The van der Waals surface area contributed by atoms with Gasteiger partial charge in [0, 0.05) is 10.2 Å². The summed E-state index contributed by atoms with van der Waals surface area (Å²) in [7, 11) is 0. The Balaban J connectivity index is 2.18. The van der Waals surface area contributed by atoms with E-state index >= 15 is 0 Å². The van der Waals surface area contributed by atoms with Gasteiger partial charge in [0.25, 0.3) is 0 Å². The normalized spacial score (nSPS) is 11.4. The van der Waals surface area contributed by atoms with Gasteiger partial charge in [0.1, 0.15) is 5.84 Å². The molecule has 0 fully saturated rings. The molecule has 0 bridgehead atoms. The molecule has 0 radical (unpaired) electrons. The number of nitrogens with one attached hydrogen (secondary N) is 1. The van der Waals surface area contributed by atoms with Crippen molar-refractivity contribution in [1.82, 2.24) is 0 Å². The van der Waals surface area contributed by atoms with Crippen molar-refractivity contribution in [1.29, 1.82) is 0 Å². The predicted octanol–water partition coefficient (Wildman–Crippen LogP) is 4.92. The zero-order valence-electron chi connectivity index (χ0n) is 10.4. The molecule has 3 heteroatoms. The highest BCUT2D eigenvalue weighted by atomic mass is 79.9. The summed E-state index contributed by atoms with van der Waals surface area (Å²) in [5.74, 6) is 0.866. The summed E-state index contributed by atoms with van der Waals surface area (Å²) < 4.78 is 1.01. The first-order valence-electron chi connectivity index (χ1n) is 5.78. The van der Waals surface area contributed by atoms with E-state index < -0.39 is 0 Å². The number of anilines is 1. The highest BCUT2D eigenvalue weighted by Crippen LogP contribution is 2.26. The van der Waals surface area contributed by atoms with E-state index in [-0.39, 0.29) is 0 Å². The quantitative estimate of drug-likeness (QED) is 0.618. The van der Waals surface area contributed by atoms with Gasteiger partial charge in [0.15, 0.2) is 0 Å². The van der Waals surface area contributed by atoms with Gasteiger partial charge in [-0.25, -0.2) is 4.99 Å². The van der Waals surface area contributed by atoms with Crippen molar-refractivity contribution in [2.24, 2.45) is 4.99 Å². The van der Waals surface area contributed by atoms with Crippen LogP contribution in [0.3, 0.4) is 0 Å². The topological polar surface area (TPSA) is 24.4 Å². The number of nitrogens with zero attached hydrogens (tertiary/aromatic N) is 1. The molecule has 0 heterocycles. The lowest BCUT2D eigenvalue weighted by molar-refractivity contribution is 1.39. The molecular weight excluding hydrogens is 288 g/mol. The standard InChI is InChI=1S/C15H15BrN2/c1-11-8-9-15(14(16)10-11)18-12(2)17-13-6-4-3-5-7-13/h3-10H,1-2H3,(H,17,18). The van der Waals surface area contributed by atoms with Crippen molar-refractivity contribution in [3.63, 3.8) is 0 Å². The number of benzene rings is 2. The largest absolute Gasteiger partial charge is 0.344 e. The van der Waals surface area contributed by atoms with Gasteiger partial charge in [-0.2, -0.15) is 0 Å². The van der Waals surface area contributed by atoms with Crippen LogP contribution in [0.4, 0.5) is 11.4 Å². The highest BCUT2D eigenvalue weighted by Gasteiger charge is 1.99. The van der Waals surface area contributed by atoms with Crippen molar-refractivity contribution in [2.75, 3.05) is 5.32 Å². The maximum Gasteiger partial charge on any atom is 0.103 e. The van der Waals surface area contributed by atoms with Gasteiger partial charge in [-0.3, -0.25) is 0 Å². The van der Waals surface area contributed by atoms with E-state index in [0.29, 0.717) is 0 Å². The Morgan fingerprint density at radius 1 is 1.11 bits per heavy atom. The number of amidine groups is 1. The first-order chi connectivity index (χ1) is 8.65. The smallest absolute Gasteiger partial charge is 0.103 e. The van der Waals surface area contributed by atoms with Crippen molar-refractivity contribution >= 4 is 33.1 Å². The Morgan fingerprint density at radius 2 is 1.83 bits per heavy atom. The van der Waals surface area contributed by atoms with E-state index in [4.69, 9.17) is 0 Å². The summed E-state index contributed by atoms with van der Waals surface area (Å²) in [4.78, 5) is 4.55. The second-order valence-corrected chi connectivity index (χ2v) is 5.00. The van der Waals surface area contributed by atoms with Gasteiger partial charge in [0.05, 0.1) is 5.69 Å². The number of halogens is 1. The fourth-order valence-electron chi connectivity index (χ4n) is 1.64. The van der Waals surface area contributed by atoms with E-state index in [1.54, 1.807) is 0 Å². The molecule has 18 heavy (non-hydrogen) atoms. The summed E-state index contributed by atoms with van der Waals surface area (Å²) in [5, 5.41) is 3.26. The number of hydrogen-bond donors (Lipinski definition) is 1. The molecule has 1 N–H and O–H groups in total. The molecule has 0 amide bonds. The minimum Gasteiger partial charge on any atom is -0.344 e. The molecule has 0 aliphatic carbocycles. The van der Waals surface area contributed by atoms with Crippen LogP contribution in [0.25, 0.3) is 0 Å². The summed E-state index contributed by atoms with van der Waals surface area (Å²) >= 11 is 3.53. The minimum absolute atomic E-state index is 0.866. The van der Waals surface area contributed by atoms with Gasteiger partial charge in [0.2, 0.25) is 0 Å². The number of hydrogen-bond acceptors (Lipinski definition) is 1. The summed E-state index contributed by atoms with van der Waals surface area (Å²) in [5.41, 5.74) is 3.19. The van der Waals surface area contributed by atoms with E-state index in [1.165, 1.54) is 5.56 Å². The van der Waals surface area contributed by atoms with Crippen LogP contribution in [0.15, 0.2) is 58.0 Å². The average Bonchev–Trinajstić information content (AvgIpc) is 2.34. The number of para-hydroxylation sites is 1. The van der Waals surface area contributed by atoms with Crippen molar-refractivity contribution < 1.29 is 0 Å². The predicted molar refractivity (Wildman–Crippen MR) is 81.7 cm³/mol. The summed E-state index contributed by atoms with van der Waals surface area (Å²) in [6, 6.07) is 16.2. The van der Waals surface area contributed by atoms with Gasteiger partial charge in [-0.05, 0) is 59.6 Å². The molecular formula is C15H15BrN2. The highest BCUT2D eigenvalue weighted by molar-refractivity contribution is 9.10. The third kappa shape index (κ3) is 3.44. The molecule has 2 rings (SSSR count). The maximum absolute atomic E-state index is 4.55. The lowest BCUT2D eigenvalue weighted by atomic mass is 10.2. The fraction of sp³-hybridized carbons (Fsp3) is 0.133. The third-order valence-corrected chi connectivity index (χ3v) is 3.13. The molecule has 2 nitrogen and oxygen atoms in total. The molecule has 0 aliphatic heterocycles. The lowest BCUT2D eigenvalue weighted by Crippen LogP contribution is -2.06. The Morgan fingerprint density at radius 3 is 2.50 bits per heavy atom. The minimum atomic E-state index is 0.866. The maximum atomic E-state index is 4.55. The van der Waals surface area contributed by atoms with Crippen LogP contribution in [0.1, 0.15) is 12.5 Å². The molecule has 0 aromatic heterocycles. The van der Waals surface area contributed by atoms with Crippen molar-refractivity contribution in [2.45, 2.75) is 13.8 Å². The van der Waals surface area contributed by atoms with E-state index in [0.717, 1.165) is 21.7 Å². The molecule has 92 valence electrons. The van der Waals surface area contributed by atoms with Crippen LogP contribution < -0.4 is 5.32 Å². The van der Waals surface area contributed by atoms with Gasteiger partial charge < -0.3 is 5.32 Å². The van der Waals surface area contributed by atoms with Gasteiger partial charge in [-0.15, -0.1) is 0 Å². The molecule has 0 saturated carbocycles. The van der Waals surface area contributed by atoms with Crippen molar-refractivity contribution in [3.05, 3.63) is 58.6 Å². The molecule has 2 aromatic rings. The summed E-state index contributed by atoms with van der Waals surface area (Å²) in [6.07, 6.45) is 0. The number of aryl methyl sites for hydroxylation is 1. The monoisotopic (exact) mass is 302 g/mol. The van der Waals surface area contributed by atoms with Crippen LogP contribution >= 0.6 is 15.9 Å². The first kappa shape index (κ1) is 12.8. The van der Waals surface area contributed by atoms with E-state index in [2.05, 4.69) is 45.3 Å². The molecule has 0 unspecified atom stereocenters. The molecule has 0 saturated heterocycles. The number of rotatable bonds is 2. The van der Waals surface area contributed by atoms with Crippen LogP contribution in [0, 0.1) is 6.92 Å².